The first-order chi connectivity index (χ1) is 8.24. The Morgan fingerprint density at radius 2 is 2.24 bits per heavy atom. The lowest BCUT2D eigenvalue weighted by atomic mass is 10.2. The van der Waals surface area contributed by atoms with E-state index in [0.717, 1.165) is 27.4 Å². The zero-order valence-corrected chi connectivity index (χ0v) is 10.5. The molecule has 0 aliphatic heterocycles. The van der Waals surface area contributed by atoms with Gasteiger partial charge in [0.1, 0.15) is 5.65 Å². The third kappa shape index (κ3) is 1.78. The Labute approximate surface area is 103 Å². The van der Waals surface area contributed by atoms with Crippen LogP contribution in [0, 0.1) is 0 Å². The van der Waals surface area contributed by atoms with Gasteiger partial charge in [-0.1, -0.05) is 0 Å². The number of nitrogens with zero attached hydrogens (tertiary/aromatic N) is 3. The molecule has 5 heteroatoms. The molecule has 0 aliphatic rings. The van der Waals surface area contributed by atoms with Crippen molar-refractivity contribution in [3.05, 3.63) is 29.9 Å². The van der Waals surface area contributed by atoms with E-state index in [9.17, 15) is 0 Å². The van der Waals surface area contributed by atoms with E-state index in [1.807, 2.05) is 37.5 Å². The highest BCUT2D eigenvalue weighted by Crippen LogP contribution is 2.27. The summed E-state index contributed by atoms with van der Waals surface area (Å²) >= 11 is 1.64. The Morgan fingerprint density at radius 1 is 1.35 bits per heavy atom. The number of pyridine rings is 1. The van der Waals surface area contributed by atoms with Gasteiger partial charge in [-0.25, -0.2) is 9.97 Å². The van der Waals surface area contributed by atoms with Crippen molar-refractivity contribution in [3.63, 3.8) is 0 Å². The molecule has 17 heavy (non-hydrogen) atoms. The number of H-pyrrole nitrogens is 1. The van der Waals surface area contributed by atoms with Crippen LogP contribution in [0.25, 0.3) is 22.3 Å². The zero-order chi connectivity index (χ0) is 11.8. The fourth-order valence-electron chi connectivity index (χ4n) is 1.68. The second kappa shape index (κ2) is 3.85. The third-order valence-electron chi connectivity index (χ3n) is 2.57. The number of aromatic nitrogens is 3. The first-order valence-electron chi connectivity index (χ1n) is 5.30. The second-order valence-corrected chi connectivity index (χ2v) is 4.89. The molecule has 0 spiro atoms. The predicted molar refractivity (Wildman–Crippen MR) is 71.5 cm³/mol. The summed E-state index contributed by atoms with van der Waals surface area (Å²) in [5.41, 5.74) is 2.95. The first-order valence-corrected chi connectivity index (χ1v) is 6.18. The standard InChI is InChI=1S/C12H12N4S/c1-16(2)12-15-10(7-17-12)9-5-8-3-4-13-11(8)14-6-9/h3-7H,1-2H3,(H,13,14). The molecule has 1 N–H and O–H groups in total. The van der Waals surface area contributed by atoms with Crippen LogP contribution in [0.4, 0.5) is 5.13 Å². The highest BCUT2D eigenvalue weighted by molar-refractivity contribution is 7.14. The van der Waals surface area contributed by atoms with Gasteiger partial charge in [0, 0.05) is 42.8 Å². The maximum Gasteiger partial charge on any atom is 0.185 e. The second-order valence-electron chi connectivity index (χ2n) is 4.05. The fourth-order valence-corrected chi connectivity index (χ4v) is 2.45. The molecule has 4 nitrogen and oxygen atoms in total. The van der Waals surface area contributed by atoms with Crippen LogP contribution >= 0.6 is 11.3 Å². The molecular weight excluding hydrogens is 232 g/mol. The van der Waals surface area contributed by atoms with E-state index in [4.69, 9.17) is 0 Å². The van der Waals surface area contributed by atoms with Crippen LogP contribution in [-0.2, 0) is 0 Å². The average molecular weight is 244 g/mol. The molecule has 0 unspecified atom stereocenters. The highest BCUT2D eigenvalue weighted by Gasteiger charge is 2.07. The number of fused-ring (bicyclic) bond motifs is 1. The Bertz CT molecular complexity index is 653. The summed E-state index contributed by atoms with van der Waals surface area (Å²) in [6.45, 7) is 0. The lowest BCUT2D eigenvalue weighted by molar-refractivity contribution is 1.11. The molecule has 0 atom stereocenters. The summed E-state index contributed by atoms with van der Waals surface area (Å²) in [7, 11) is 3.99. The molecule has 0 bridgehead atoms. The number of thiazole rings is 1. The van der Waals surface area contributed by atoms with Gasteiger partial charge in [-0.3, -0.25) is 0 Å². The Morgan fingerprint density at radius 3 is 3.00 bits per heavy atom. The normalized spacial score (nSPS) is 10.9. The van der Waals surface area contributed by atoms with E-state index in [-0.39, 0.29) is 0 Å². The van der Waals surface area contributed by atoms with Crippen LogP contribution in [0.15, 0.2) is 29.9 Å². The number of rotatable bonds is 2. The molecule has 3 rings (SSSR count). The number of anilines is 1. The molecule has 0 aliphatic carbocycles. The monoisotopic (exact) mass is 244 g/mol. The lowest BCUT2D eigenvalue weighted by Crippen LogP contribution is -2.07. The van der Waals surface area contributed by atoms with Crippen molar-refractivity contribution in [2.24, 2.45) is 0 Å². The lowest BCUT2D eigenvalue weighted by Gasteiger charge is -2.05. The van der Waals surface area contributed by atoms with Crippen molar-refractivity contribution in [2.75, 3.05) is 19.0 Å². The molecule has 3 aromatic heterocycles. The van der Waals surface area contributed by atoms with Crippen molar-refractivity contribution in [1.82, 2.24) is 15.0 Å². The summed E-state index contributed by atoms with van der Waals surface area (Å²) in [6, 6.07) is 4.12. The number of aromatic amines is 1. The summed E-state index contributed by atoms with van der Waals surface area (Å²) in [4.78, 5) is 14.0. The van der Waals surface area contributed by atoms with Crippen molar-refractivity contribution in [1.29, 1.82) is 0 Å². The van der Waals surface area contributed by atoms with Gasteiger partial charge < -0.3 is 9.88 Å². The van der Waals surface area contributed by atoms with Crippen LogP contribution in [0.2, 0.25) is 0 Å². The maximum absolute atomic E-state index is 4.57. The van der Waals surface area contributed by atoms with Crippen LogP contribution in [0.1, 0.15) is 0 Å². The van der Waals surface area contributed by atoms with Crippen LogP contribution in [0.3, 0.4) is 0 Å². The molecule has 0 aromatic carbocycles. The summed E-state index contributed by atoms with van der Waals surface area (Å²) in [5, 5.41) is 4.18. The molecule has 3 heterocycles. The van der Waals surface area contributed by atoms with Gasteiger partial charge in [0.25, 0.3) is 0 Å². The van der Waals surface area contributed by atoms with E-state index in [1.54, 1.807) is 11.3 Å². The van der Waals surface area contributed by atoms with Crippen LogP contribution in [-0.4, -0.2) is 29.0 Å². The van der Waals surface area contributed by atoms with E-state index < -0.39 is 0 Å². The minimum Gasteiger partial charge on any atom is -0.354 e. The van der Waals surface area contributed by atoms with E-state index in [0.29, 0.717) is 0 Å². The van der Waals surface area contributed by atoms with E-state index in [2.05, 4.69) is 26.4 Å². The molecule has 0 amide bonds. The molecular formula is C12H12N4S. The maximum atomic E-state index is 4.57. The number of hydrogen-bond donors (Lipinski definition) is 1. The molecule has 86 valence electrons. The summed E-state index contributed by atoms with van der Waals surface area (Å²) in [6.07, 6.45) is 3.75. The average Bonchev–Trinajstić information content (AvgIpc) is 2.97. The van der Waals surface area contributed by atoms with Crippen molar-refractivity contribution in [2.45, 2.75) is 0 Å². The smallest absolute Gasteiger partial charge is 0.185 e. The third-order valence-corrected chi connectivity index (χ3v) is 3.58. The van der Waals surface area contributed by atoms with Gasteiger partial charge in [0.05, 0.1) is 5.69 Å². The largest absolute Gasteiger partial charge is 0.354 e. The molecule has 0 saturated carbocycles. The van der Waals surface area contributed by atoms with E-state index >= 15 is 0 Å². The van der Waals surface area contributed by atoms with Gasteiger partial charge in [0.2, 0.25) is 0 Å². The zero-order valence-electron chi connectivity index (χ0n) is 9.64. The molecule has 0 fully saturated rings. The first kappa shape index (κ1) is 10.3. The van der Waals surface area contributed by atoms with Gasteiger partial charge in [-0.05, 0) is 12.1 Å². The minimum atomic E-state index is 0.914. The van der Waals surface area contributed by atoms with Crippen molar-refractivity contribution < 1.29 is 0 Å². The van der Waals surface area contributed by atoms with Gasteiger partial charge >= 0.3 is 0 Å². The predicted octanol–water partition coefficient (Wildman–Crippen LogP) is 2.75. The van der Waals surface area contributed by atoms with Crippen molar-refractivity contribution >= 4 is 27.5 Å². The SMILES string of the molecule is CN(C)c1nc(-c2cnc3[nH]ccc3c2)cs1. The summed E-state index contributed by atoms with van der Waals surface area (Å²) in [5.74, 6) is 0. The minimum absolute atomic E-state index is 0.914. The number of hydrogen-bond acceptors (Lipinski definition) is 4. The molecule has 0 radical (unpaired) electrons. The summed E-state index contributed by atoms with van der Waals surface area (Å²) < 4.78 is 0. The van der Waals surface area contributed by atoms with Crippen molar-refractivity contribution in [3.8, 4) is 11.3 Å². The van der Waals surface area contributed by atoms with Crippen LogP contribution in [0.5, 0.6) is 0 Å². The van der Waals surface area contributed by atoms with Gasteiger partial charge in [-0.2, -0.15) is 0 Å². The quantitative estimate of drug-likeness (QED) is 0.754. The van der Waals surface area contributed by atoms with E-state index in [1.165, 1.54) is 0 Å². The van der Waals surface area contributed by atoms with Gasteiger partial charge in [0.15, 0.2) is 5.13 Å². The fraction of sp³-hybridized carbons (Fsp3) is 0.167. The Kier molecular flexibility index (Phi) is 2.33. The number of nitrogens with one attached hydrogen (secondary N) is 1. The Balaban J connectivity index is 2.06. The Hall–Kier alpha value is -1.88. The highest BCUT2D eigenvalue weighted by atomic mass is 32.1. The molecule has 0 saturated heterocycles. The van der Waals surface area contributed by atoms with Crippen LogP contribution < -0.4 is 4.90 Å². The van der Waals surface area contributed by atoms with Gasteiger partial charge in [-0.15, -0.1) is 11.3 Å². The molecule has 3 aromatic rings. The topological polar surface area (TPSA) is 44.8 Å².